The molecule has 7 nitrogen and oxygen atoms in total. The lowest BCUT2D eigenvalue weighted by molar-refractivity contribution is -0.384. The van der Waals surface area contributed by atoms with E-state index in [-0.39, 0.29) is 12.2 Å². The molecule has 0 aliphatic carbocycles. The quantitative estimate of drug-likeness (QED) is 0.397. The van der Waals surface area contributed by atoms with Crippen molar-refractivity contribution in [1.82, 2.24) is 5.32 Å². The minimum Gasteiger partial charge on any atom is -0.492 e. The number of primary amides is 1. The number of nitrogens with two attached hydrogens (primary N) is 1. The van der Waals surface area contributed by atoms with Crippen molar-refractivity contribution in [1.29, 1.82) is 0 Å². The molecule has 1 aromatic carbocycles. The van der Waals surface area contributed by atoms with Gasteiger partial charge < -0.3 is 15.8 Å². The molecule has 17 heavy (non-hydrogen) atoms. The highest BCUT2D eigenvalue weighted by Crippen LogP contribution is 2.16. The average Bonchev–Trinajstić information content (AvgIpc) is 2.29. The number of hydrogen-bond donors (Lipinski definition) is 2. The molecule has 1 aromatic rings. The van der Waals surface area contributed by atoms with Crippen molar-refractivity contribution in [3.63, 3.8) is 0 Å². The van der Waals surface area contributed by atoms with Crippen molar-refractivity contribution >= 4 is 11.6 Å². The lowest BCUT2D eigenvalue weighted by Gasteiger charge is -2.06. The minimum atomic E-state index is -0.474. The number of hydrogen-bond acceptors (Lipinski definition) is 5. The number of carbonyl (C=O) groups is 1. The Morgan fingerprint density at radius 2 is 2.06 bits per heavy atom. The zero-order valence-electron chi connectivity index (χ0n) is 9.09. The molecule has 0 atom stereocenters. The van der Waals surface area contributed by atoms with E-state index in [9.17, 15) is 14.9 Å². The normalized spacial score (nSPS) is 9.88. The van der Waals surface area contributed by atoms with Gasteiger partial charge in [0.2, 0.25) is 5.91 Å². The highest BCUT2D eigenvalue weighted by molar-refractivity contribution is 5.75. The van der Waals surface area contributed by atoms with Crippen LogP contribution in [-0.2, 0) is 4.79 Å². The Bertz CT molecular complexity index is 391. The summed E-state index contributed by atoms with van der Waals surface area (Å²) >= 11 is 0. The maximum absolute atomic E-state index is 10.4. The molecule has 92 valence electrons. The van der Waals surface area contributed by atoms with Gasteiger partial charge in [0.05, 0.1) is 11.5 Å². The molecule has 1 amide bonds. The molecule has 0 aliphatic heterocycles. The van der Waals surface area contributed by atoms with Gasteiger partial charge in [0.1, 0.15) is 12.4 Å². The van der Waals surface area contributed by atoms with E-state index in [1.165, 1.54) is 24.3 Å². The van der Waals surface area contributed by atoms with Crippen LogP contribution in [-0.4, -0.2) is 30.5 Å². The second kappa shape index (κ2) is 6.44. The zero-order valence-corrected chi connectivity index (χ0v) is 9.09. The van der Waals surface area contributed by atoms with Gasteiger partial charge in [-0.25, -0.2) is 0 Å². The molecule has 1 rings (SSSR count). The molecule has 0 spiro atoms. The van der Waals surface area contributed by atoms with Crippen LogP contribution in [0.15, 0.2) is 24.3 Å². The molecular weight excluding hydrogens is 226 g/mol. The van der Waals surface area contributed by atoms with Crippen LogP contribution in [0.4, 0.5) is 5.69 Å². The van der Waals surface area contributed by atoms with Crippen LogP contribution in [0.2, 0.25) is 0 Å². The Hall–Kier alpha value is -2.15. The van der Waals surface area contributed by atoms with Crippen LogP contribution >= 0.6 is 0 Å². The Balaban J connectivity index is 2.27. The van der Waals surface area contributed by atoms with Gasteiger partial charge in [-0.2, -0.15) is 0 Å². The van der Waals surface area contributed by atoms with Gasteiger partial charge in [-0.15, -0.1) is 0 Å². The maximum Gasteiger partial charge on any atom is 0.269 e. The summed E-state index contributed by atoms with van der Waals surface area (Å²) < 4.78 is 5.29. The predicted octanol–water partition coefficient (Wildman–Crippen LogP) is 0.0485. The Morgan fingerprint density at radius 1 is 1.41 bits per heavy atom. The van der Waals surface area contributed by atoms with E-state index in [0.29, 0.717) is 18.9 Å². The standard InChI is InChI=1S/C10H13N3O4/c11-10(14)7-12-5-6-17-9-3-1-8(2-4-9)13(15)16/h1-4,12H,5-7H2,(H2,11,14). The lowest BCUT2D eigenvalue weighted by atomic mass is 10.3. The van der Waals surface area contributed by atoms with Crippen LogP contribution in [0.25, 0.3) is 0 Å². The van der Waals surface area contributed by atoms with E-state index in [1.54, 1.807) is 0 Å². The summed E-state index contributed by atoms with van der Waals surface area (Å²) in [6, 6.07) is 5.77. The fourth-order valence-electron chi connectivity index (χ4n) is 1.12. The summed E-state index contributed by atoms with van der Waals surface area (Å²) in [5, 5.41) is 13.2. The third-order valence-electron chi connectivity index (χ3n) is 1.89. The molecule has 7 heteroatoms. The van der Waals surface area contributed by atoms with Gasteiger partial charge in [-0.1, -0.05) is 0 Å². The number of amides is 1. The molecule has 0 fully saturated rings. The second-order valence-corrected chi connectivity index (χ2v) is 3.24. The molecule has 0 unspecified atom stereocenters. The van der Waals surface area contributed by atoms with Crippen molar-refractivity contribution in [2.24, 2.45) is 5.73 Å². The van der Waals surface area contributed by atoms with Crippen molar-refractivity contribution in [2.75, 3.05) is 19.7 Å². The van der Waals surface area contributed by atoms with Crippen LogP contribution in [0, 0.1) is 10.1 Å². The summed E-state index contributed by atoms with van der Waals surface area (Å²) in [5.41, 5.74) is 4.94. The van der Waals surface area contributed by atoms with Crippen molar-refractivity contribution in [3.8, 4) is 5.75 Å². The van der Waals surface area contributed by atoms with Gasteiger partial charge in [0, 0.05) is 18.7 Å². The second-order valence-electron chi connectivity index (χ2n) is 3.24. The molecule has 0 aromatic heterocycles. The van der Waals surface area contributed by atoms with Gasteiger partial charge in [0.15, 0.2) is 0 Å². The van der Waals surface area contributed by atoms with Crippen LogP contribution in [0.5, 0.6) is 5.75 Å². The van der Waals surface area contributed by atoms with E-state index in [2.05, 4.69) is 5.32 Å². The van der Waals surface area contributed by atoms with E-state index in [0.717, 1.165) is 0 Å². The number of ether oxygens (including phenoxy) is 1. The first kappa shape index (κ1) is 12.9. The minimum absolute atomic E-state index is 0.0178. The molecular formula is C10H13N3O4. The SMILES string of the molecule is NC(=O)CNCCOc1ccc([N+](=O)[O-])cc1. The zero-order chi connectivity index (χ0) is 12.7. The molecule has 0 aliphatic rings. The number of nitro benzene ring substituents is 1. The van der Waals surface area contributed by atoms with E-state index >= 15 is 0 Å². The molecule has 0 saturated carbocycles. The van der Waals surface area contributed by atoms with Gasteiger partial charge >= 0.3 is 0 Å². The van der Waals surface area contributed by atoms with Crippen molar-refractivity contribution in [3.05, 3.63) is 34.4 Å². The molecule has 3 N–H and O–H groups in total. The monoisotopic (exact) mass is 239 g/mol. The largest absolute Gasteiger partial charge is 0.492 e. The van der Waals surface area contributed by atoms with Crippen LogP contribution in [0.1, 0.15) is 0 Å². The third kappa shape index (κ3) is 4.94. The average molecular weight is 239 g/mol. The summed E-state index contributed by atoms with van der Waals surface area (Å²) in [6.45, 7) is 0.925. The summed E-state index contributed by atoms with van der Waals surface area (Å²) in [6.07, 6.45) is 0. The number of nitrogens with zero attached hydrogens (tertiary/aromatic N) is 1. The fraction of sp³-hybridized carbons (Fsp3) is 0.300. The number of non-ortho nitro benzene ring substituents is 1. The highest BCUT2D eigenvalue weighted by Gasteiger charge is 2.03. The fourth-order valence-corrected chi connectivity index (χ4v) is 1.12. The number of benzene rings is 1. The first-order valence-electron chi connectivity index (χ1n) is 4.96. The molecule has 0 saturated heterocycles. The van der Waals surface area contributed by atoms with E-state index < -0.39 is 10.8 Å². The van der Waals surface area contributed by atoms with E-state index in [4.69, 9.17) is 10.5 Å². The topological polar surface area (TPSA) is 107 Å². The Labute approximate surface area is 97.7 Å². The van der Waals surface area contributed by atoms with Crippen molar-refractivity contribution in [2.45, 2.75) is 0 Å². The van der Waals surface area contributed by atoms with Gasteiger partial charge in [-0.05, 0) is 12.1 Å². The summed E-state index contributed by atoms with van der Waals surface area (Å²) in [4.78, 5) is 20.3. The summed E-state index contributed by atoms with van der Waals surface area (Å²) in [5.74, 6) is 0.108. The molecule has 0 heterocycles. The van der Waals surface area contributed by atoms with E-state index in [1.807, 2.05) is 0 Å². The van der Waals surface area contributed by atoms with Gasteiger partial charge in [0.25, 0.3) is 5.69 Å². The number of carbonyl (C=O) groups excluding carboxylic acids is 1. The maximum atomic E-state index is 10.4. The first-order valence-corrected chi connectivity index (χ1v) is 4.96. The van der Waals surface area contributed by atoms with Crippen molar-refractivity contribution < 1.29 is 14.5 Å². The summed E-state index contributed by atoms with van der Waals surface area (Å²) in [7, 11) is 0. The number of rotatable bonds is 7. The number of nitrogens with one attached hydrogen (secondary N) is 1. The lowest BCUT2D eigenvalue weighted by Crippen LogP contribution is -2.31. The number of nitro groups is 1. The van der Waals surface area contributed by atoms with Gasteiger partial charge in [-0.3, -0.25) is 14.9 Å². The first-order chi connectivity index (χ1) is 8.09. The smallest absolute Gasteiger partial charge is 0.269 e. The Kier molecular flexibility index (Phi) is 4.89. The van der Waals surface area contributed by atoms with Crippen LogP contribution < -0.4 is 15.8 Å². The van der Waals surface area contributed by atoms with Crippen LogP contribution in [0.3, 0.4) is 0 Å². The highest BCUT2D eigenvalue weighted by atomic mass is 16.6. The third-order valence-corrected chi connectivity index (χ3v) is 1.89. The Morgan fingerprint density at radius 3 is 2.59 bits per heavy atom. The molecule has 0 radical (unpaired) electrons. The predicted molar refractivity (Wildman–Crippen MR) is 60.7 cm³/mol. The molecule has 0 bridgehead atoms.